The smallest absolute Gasteiger partial charge is 0.261 e. The predicted molar refractivity (Wildman–Crippen MR) is 132 cm³/mol. The minimum absolute atomic E-state index is 0.167. The lowest BCUT2D eigenvalue weighted by molar-refractivity contribution is 0.0914. The molecule has 1 heterocycles. The van der Waals surface area contributed by atoms with E-state index in [0.29, 0.717) is 22.9 Å². The summed E-state index contributed by atoms with van der Waals surface area (Å²) in [5, 5.41) is 2.98. The average Bonchev–Trinajstić information content (AvgIpc) is 2.76. The van der Waals surface area contributed by atoms with Crippen LogP contribution in [0.25, 0.3) is 0 Å². The topological polar surface area (TPSA) is 97.4 Å². The third-order valence-electron chi connectivity index (χ3n) is 5.63. The van der Waals surface area contributed by atoms with Gasteiger partial charge in [-0.25, -0.2) is 13.4 Å². The molecule has 0 saturated heterocycles. The van der Waals surface area contributed by atoms with Gasteiger partial charge in [-0.3, -0.25) is 9.52 Å². The Hall–Kier alpha value is -3.39. The quantitative estimate of drug-likeness (QED) is 0.442. The van der Waals surface area contributed by atoms with Crippen LogP contribution < -0.4 is 14.8 Å². The van der Waals surface area contributed by atoms with Gasteiger partial charge in [-0.2, -0.15) is 0 Å². The first kappa shape index (κ1) is 23.8. The molecule has 1 fully saturated rings. The Morgan fingerprint density at radius 1 is 1.09 bits per heavy atom. The molecule has 1 amide bonds. The number of benzene rings is 2. The van der Waals surface area contributed by atoms with Crippen LogP contribution in [-0.2, 0) is 16.4 Å². The number of hydrogen-bond donors (Lipinski definition) is 2. The summed E-state index contributed by atoms with van der Waals surface area (Å²) in [4.78, 5) is 17.0. The molecular formula is C26H29N3O4S. The second-order valence-electron chi connectivity index (χ2n) is 8.93. The van der Waals surface area contributed by atoms with Crippen molar-refractivity contribution in [1.82, 2.24) is 10.3 Å². The third kappa shape index (κ3) is 5.94. The molecule has 1 saturated carbocycles. The van der Waals surface area contributed by atoms with Crippen molar-refractivity contribution < 1.29 is 17.9 Å². The summed E-state index contributed by atoms with van der Waals surface area (Å²) in [6.45, 7) is 4.24. The van der Waals surface area contributed by atoms with Crippen LogP contribution in [0.15, 0.2) is 71.8 Å². The maximum atomic E-state index is 12.9. The number of rotatable bonds is 9. The summed E-state index contributed by atoms with van der Waals surface area (Å²) in [6.07, 6.45) is 5.51. The van der Waals surface area contributed by atoms with Crippen LogP contribution in [0.3, 0.4) is 0 Å². The number of carbonyl (C=O) groups excluding carboxylic acids is 1. The number of pyridine rings is 1. The van der Waals surface area contributed by atoms with Crippen molar-refractivity contribution in [2.75, 3.05) is 4.72 Å². The van der Waals surface area contributed by atoms with Gasteiger partial charge >= 0.3 is 0 Å². The van der Waals surface area contributed by atoms with Crippen molar-refractivity contribution >= 4 is 21.6 Å². The molecule has 2 aromatic carbocycles. The Kier molecular flexibility index (Phi) is 7.17. The van der Waals surface area contributed by atoms with Gasteiger partial charge in [0.1, 0.15) is 11.3 Å². The van der Waals surface area contributed by atoms with E-state index in [9.17, 15) is 13.2 Å². The van der Waals surface area contributed by atoms with Crippen LogP contribution >= 0.6 is 0 Å². The zero-order valence-corrected chi connectivity index (χ0v) is 20.1. The van der Waals surface area contributed by atoms with Crippen molar-refractivity contribution in [3.63, 3.8) is 0 Å². The van der Waals surface area contributed by atoms with Crippen molar-refractivity contribution in [1.29, 1.82) is 0 Å². The van der Waals surface area contributed by atoms with Crippen LogP contribution in [0.2, 0.25) is 0 Å². The number of nitrogens with one attached hydrogen (secondary N) is 2. The molecule has 7 nitrogen and oxygen atoms in total. The zero-order chi connectivity index (χ0) is 24.1. The van der Waals surface area contributed by atoms with Gasteiger partial charge in [0.25, 0.3) is 15.9 Å². The van der Waals surface area contributed by atoms with Crippen molar-refractivity contribution in [3.05, 3.63) is 78.0 Å². The fourth-order valence-electron chi connectivity index (χ4n) is 3.69. The summed E-state index contributed by atoms with van der Waals surface area (Å²) < 4.78 is 34.2. The van der Waals surface area contributed by atoms with E-state index in [-0.39, 0.29) is 22.7 Å². The number of amides is 1. The highest BCUT2D eigenvalue weighted by molar-refractivity contribution is 7.92. The van der Waals surface area contributed by atoms with Gasteiger partial charge < -0.3 is 10.1 Å². The van der Waals surface area contributed by atoms with Gasteiger partial charge in [-0.05, 0) is 73.6 Å². The fraction of sp³-hybridized carbons (Fsp3) is 0.308. The van der Waals surface area contributed by atoms with E-state index in [0.717, 1.165) is 31.2 Å². The Morgan fingerprint density at radius 3 is 2.53 bits per heavy atom. The molecular weight excluding hydrogens is 450 g/mol. The molecule has 1 aromatic heterocycles. The highest BCUT2D eigenvalue weighted by atomic mass is 32.2. The van der Waals surface area contributed by atoms with Crippen LogP contribution in [0.5, 0.6) is 11.6 Å². The molecule has 0 spiro atoms. The van der Waals surface area contributed by atoms with Crippen LogP contribution in [-0.4, -0.2) is 25.4 Å². The second kappa shape index (κ2) is 10.3. The van der Waals surface area contributed by atoms with Gasteiger partial charge in [0.2, 0.25) is 5.88 Å². The minimum atomic E-state index is -3.77. The Bertz CT molecular complexity index is 1250. The zero-order valence-electron chi connectivity index (χ0n) is 19.3. The largest absolute Gasteiger partial charge is 0.438 e. The first-order chi connectivity index (χ1) is 16.3. The molecule has 3 aromatic rings. The summed E-state index contributed by atoms with van der Waals surface area (Å²) in [7, 11) is -3.77. The molecule has 0 radical (unpaired) electrons. The number of nitrogens with zero attached hydrogens (tertiary/aromatic N) is 1. The van der Waals surface area contributed by atoms with E-state index in [1.165, 1.54) is 0 Å². The van der Waals surface area contributed by atoms with Crippen LogP contribution in [0.4, 0.5) is 5.69 Å². The lowest BCUT2D eigenvalue weighted by Crippen LogP contribution is -2.39. The molecule has 0 atom stereocenters. The molecule has 8 heteroatoms. The molecule has 0 unspecified atom stereocenters. The molecule has 178 valence electrons. The Balaban J connectivity index is 1.48. The van der Waals surface area contributed by atoms with Crippen molar-refractivity contribution in [2.45, 2.75) is 50.5 Å². The summed E-state index contributed by atoms with van der Waals surface area (Å²) in [5.74, 6) is 0.793. The Morgan fingerprint density at radius 2 is 1.85 bits per heavy atom. The van der Waals surface area contributed by atoms with Gasteiger partial charge in [0.05, 0.1) is 10.6 Å². The first-order valence-corrected chi connectivity index (χ1v) is 12.9. The van der Waals surface area contributed by atoms with Gasteiger partial charge in [0, 0.05) is 18.3 Å². The molecule has 1 aliphatic carbocycles. The number of ether oxygens (including phenoxy) is 1. The summed E-state index contributed by atoms with van der Waals surface area (Å²) >= 11 is 0. The van der Waals surface area contributed by atoms with E-state index >= 15 is 0 Å². The third-order valence-corrected chi connectivity index (χ3v) is 7.03. The molecule has 0 aliphatic heterocycles. The van der Waals surface area contributed by atoms with Gasteiger partial charge in [-0.1, -0.05) is 32.0 Å². The number of aromatic nitrogens is 1. The van der Waals surface area contributed by atoms with E-state index in [2.05, 4.69) is 28.9 Å². The highest BCUT2D eigenvalue weighted by Crippen LogP contribution is 2.27. The first-order valence-electron chi connectivity index (χ1n) is 11.5. The standard InChI is InChI=1S/C26H29N3O4S/c1-18(2)16-19-11-13-23(14-12-19)34(31,32)29-21-8-4-9-22(17-21)33-26-24(10-5-15-27-26)25(30)28-20-6-3-7-20/h4-5,8-15,17-18,20,29H,3,6-7,16H2,1-2H3,(H,28,30). The van der Waals surface area contributed by atoms with E-state index in [1.54, 1.807) is 54.7 Å². The fourth-order valence-corrected chi connectivity index (χ4v) is 4.74. The highest BCUT2D eigenvalue weighted by Gasteiger charge is 2.22. The lowest BCUT2D eigenvalue weighted by atomic mass is 9.93. The van der Waals surface area contributed by atoms with Crippen molar-refractivity contribution in [2.24, 2.45) is 5.92 Å². The van der Waals surface area contributed by atoms with Gasteiger partial charge in [-0.15, -0.1) is 0 Å². The number of hydrogen-bond acceptors (Lipinski definition) is 5. The second-order valence-corrected chi connectivity index (χ2v) is 10.6. The van der Waals surface area contributed by atoms with E-state index < -0.39 is 10.0 Å². The molecule has 4 rings (SSSR count). The molecule has 2 N–H and O–H groups in total. The maximum absolute atomic E-state index is 12.9. The van der Waals surface area contributed by atoms with Crippen LogP contribution in [0.1, 0.15) is 49.0 Å². The maximum Gasteiger partial charge on any atom is 0.261 e. The lowest BCUT2D eigenvalue weighted by Gasteiger charge is -2.26. The van der Waals surface area contributed by atoms with Crippen LogP contribution in [0, 0.1) is 5.92 Å². The summed E-state index contributed by atoms with van der Waals surface area (Å²) in [6, 6.07) is 17.0. The molecule has 1 aliphatic rings. The Labute approximate surface area is 200 Å². The number of sulfonamides is 1. The summed E-state index contributed by atoms with van der Waals surface area (Å²) in [5.41, 5.74) is 1.78. The average molecular weight is 480 g/mol. The predicted octanol–water partition coefficient (Wildman–Crippen LogP) is 5.16. The van der Waals surface area contributed by atoms with Crippen molar-refractivity contribution in [3.8, 4) is 11.6 Å². The SMILES string of the molecule is CC(C)Cc1ccc(S(=O)(=O)Nc2cccc(Oc3ncccc3C(=O)NC3CCC3)c2)cc1. The monoisotopic (exact) mass is 479 g/mol. The molecule has 34 heavy (non-hydrogen) atoms. The molecule has 0 bridgehead atoms. The normalized spacial score (nSPS) is 13.9. The minimum Gasteiger partial charge on any atom is -0.438 e. The van der Waals surface area contributed by atoms with Gasteiger partial charge in [0.15, 0.2) is 0 Å². The van der Waals surface area contributed by atoms with E-state index in [1.807, 2.05) is 12.1 Å². The van der Waals surface area contributed by atoms with E-state index in [4.69, 9.17) is 4.74 Å². The number of anilines is 1. The number of carbonyl (C=O) groups is 1.